The van der Waals surface area contributed by atoms with Crippen LogP contribution in [0.4, 0.5) is 18.9 Å². The van der Waals surface area contributed by atoms with E-state index in [9.17, 15) is 18.0 Å². The zero-order chi connectivity index (χ0) is 24.0. The molecule has 1 fully saturated rings. The second-order valence-electron chi connectivity index (χ2n) is 8.28. The molecule has 12 heteroatoms. The van der Waals surface area contributed by atoms with Gasteiger partial charge in [-0.2, -0.15) is 23.4 Å². The number of halogens is 3. The predicted molar refractivity (Wildman–Crippen MR) is 120 cm³/mol. The lowest BCUT2D eigenvalue weighted by atomic mass is 10.0. The lowest BCUT2D eigenvalue weighted by Crippen LogP contribution is -2.22. The average Bonchev–Trinajstić information content (AvgIpc) is 3.34. The zero-order valence-electron chi connectivity index (χ0n) is 18.4. The molecular weight excluding hydrogens is 467 g/mol. The van der Waals surface area contributed by atoms with Gasteiger partial charge in [0, 0.05) is 43.9 Å². The number of ketones is 1. The summed E-state index contributed by atoms with van der Waals surface area (Å²) in [6.07, 6.45) is 2.78. The van der Waals surface area contributed by atoms with Crippen molar-refractivity contribution in [2.24, 2.45) is 0 Å². The fraction of sp³-hybridized carbons (Fsp3) is 0.364. The number of nitrogens with zero attached hydrogens (tertiary/aromatic N) is 7. The van der Waals surface area contributed by atoms with Gasteiger partial charge in [-0.05, 0) is 31.4 Å². The largest absolute Gasteiger partial charge is 0.420 e. The first-order chi connectivity index (χ1) is 16.2. The van der Waals surface area contributed by atoms with Gasteiger partial charge < -0.3 is 4.90 Å². The van der Waals surface area contributed by atoms with Crippen LogP contribution in [0.3, 0.4) is 0 Å². The minimum atomic E-state index is -4.67. The Morgan fingerprint density at radius 3 is 2.59 bits per heavy atom. The van der Waals surface area contributed by atoms with Crippen LogP contribution in [-0.2, 0) is 23.8 Å². The molecule has 1 aliphatic rings. The van der Waals surface area contributed by atoms with Crippen molar-refractivity contribution in [2.75, 3.05) is 11.9 Å². The van der Waals surface area contributed by atoms with Gasteiger partial charge in [0.15, 0.2) is 5.82 Å². The standard InChI is InChI=1S/C22H20F3N7OS/c1-12-30-18-19(31(2)15-3-4-15)14(11-27-21(18)34-12)9-16(33)7-13-8-17(22(23,24)25)20(26-10-13)32-28-5-6-29-32/h5-6,8,10-11,15H,3-4,7,9H2,1-2H3. The van der Waals surface area contributed by atoms with Crippen LogP contribution in [0.25, 0.3) is 16.2 Å². The number of carbonyl (C=O) groups is 1. The Hall–Kier alpha value is -3.41. The first kappa shape index (κ1) is 22.4. The van der Waals surface area contributed by atoms with E-state index in [0.717, 1.165) is 50.3 Å². The van der Waals surface area contributed by atoms with Gasteiger partial charge in [0.05, 0.1) is 23.1 Å². The molecular formula is C22H20F3N7OS. The topological polar surface area (TPSA) is 89.7 Å². The van der Waals surface area contributed by atoms with Crippen LogP contribution in [0.15, 0.2) is 30.9 Å². The number of aryl methyl sites for hydroxylation is 1. The number of rotatable bonds is 7. The molecule has 4 aromatic rings. The van der Waals surface area contributed by atoms with E-state index in [1.54, 1.807) is 6.20 Å². The molecule has 0 atom stereocenters. The number of thiazole rings is 1. The van der Waals surface area contributed by atoms with Gasteiger partial charge in [0.25, 0.3) is 0 Å². The van der Waals surface area contributed by atoms with E-state index in [1.807, 2.05) is 14.0 Å². The highest BCUT2D eigenvalue weighted by atomic mass is 32.1. The summed E-state index contributed by atoms with van der Waals surface area (Å²) in [5.41, 5.74) is 1.53. The third-order valence-electron chi connectivity index (χ3n) is 5.66. The Balaban J connectivity index is 1.43. The van der Waals surface area contributed by atoms with Crippen molar-refractivity contribution in [1.82, 2.24) is 29.9 Å². The minimum absolute atomic E-state index is 0.0374. The van der Waals surface area contributed by atoms with Gasteiger partial charge in [-0.3, -0.25) is 4.79 Å². The maximum Gasteiger partial charge on any atom is 0.420 e. The second-order valence-corrected chi connectivity index (χ2v) is 9.47. The predicted octanol–water partition coefficient (Wildman–Crippen LogP) is 3.95. The highest BCUT2D eigenvalue weighted by Gasteiger charge is 2.36. The molecule has 0 aliphatic heterocycles. The molecule has 0 spiro atoms. The van der Waals surface area contributed by atoms with E-state index in [2.05, 4.69) is 30.0 Å². The van der Waals surface area contributed by atoms with Crippen molar-refractivity contribution in [3.63, 3.8) is 0 Å². The van der Waals surface area contributed by atoms with Crippen molar-refractivity contribution in [3.05, 3.63) is 52.6 Å². The van der Waals surface area contributed by atoms with E-state index in [-0.39, 0.29) is 24.2 Å². The van der Waals surface area contributed by atoms with Gasteiger partial charge in [-0.15, -0.1) is 4.80 Å². The summed E-state index contributed by atoms with van der Waals surface area (Å²) in [6.45, 7) is 1.91. The van der Waals surface area contributed by atoms with Crippen molar-refractivity contribution in [2.45, 2.75) is 44.8 Å². The number of hydrogen-bond acceptors (Lipinski definition) is 8. The molecule has 4 aromatic heterocycles. The monoisotopic (exact) mass is 487 g/mol. The molecule has 0 amide bonds. The molecule has 0 radical (unpaired) electrons. The van der Waals surface area contributed by atoms with Crippen LogP contribution in [0.2, 0.25) is 0 Å². The number of fused-ring (bicyclic) bond motifs is 1. The third kappa shape index (κ3) is 4.37. The number of aromatic nitrogens is 6. The van der Waals surface area contributed by atoms with Crippen LogP contribution < -0.4 is 4.90 Å². The molecule has 0 saturated heterocycles. The molecule has 5 rings (SSSR count). The summed E-state index contributed by atoms with van der Waals surface area (Å²) in [4.78, 5) is 29.7. The van der Waals surface area contributed by atoms with Gasteiger partial charge in [0.1, 0.15) is 21.7 Å². The first-order valence-corrected chi connectivity index (χ1v) is 11.4. The summed E-state index contributed by atoms with van der Waals surface area (Å²) in [5.74, 6) is -0.672. The van der Waals surface area contributed by atoms with Crippen LogP contribution in [-0.4, -0.2) is 48.8 Å². The maximum absolute atomic E-state index is 13.7. The van der Waals surface area contributed by atoms with E-state index < -0.39 is 17.6 Å². The van der Waals surface area contributed by atoms with Crippen LogP contribution in [0.5, 0.6) is 0 Å². The van der Waals surface area contributed by atoms with Gasteiger partial charge in [-0.1, -0.05) is 11.3 Å². The summed E-state index contributed by atoms with van der Waals surface area (Å²) >= 11 is 1.49. The molecule has 1 aliphatic carbocycles. The fourth-order valence-electron chi connectivity index (χ4n) is 3.97. The van der Waals surface area contributed by atoms with Gasteiger partial charge >= 0.3 is 6.18 Å². The van der Waals surface area contributed by atoms with Gasteiger partial charge in [0.2, 0.25) is 0 Å². The van der Waals surface area contributed by atoms with Gasteiger partial charge in [-0.25, -0.2) is 15.0 Å². The Labute approximate surface area is 196 Å². The summed E-state index contributed by atoms with van der Waals surface area (Å²) < 4.78 is 41.0. The number of Topliss-reactive ketones (excluding diaryl/α,β-unsaturated/α-hetero) is 1. The molecule has 8 nitrogen and oxygen atoms in total. The summed E-state index contributed by atoms with van der Waals surface area (Å²) in [7, 11) is 1.98. The van der Waals surface area contributed by atoms with Crippen molar-refractivity contribution in [3.8, 4) is 5.82 Å². The molecule has 0 bridgehead atoms. The van der Waals surface area contributed by atoms with Crippen LogP contribution >= 0.6 is 11.3 Å². The molecule has 176 valence electrons. The highest BCUT2D eigenvalue weighted by Crippen LogP contribution is 2.38. The normalized spacial score (nSPS) is 14.0. The lowest BCUT2D eigenvalue weighted by Gasteiger charge is -2.22. The lowest BCUT2D eigenvalue weighted by molar-refractivity contribution is -0.138. The van der Waals surface area contributed by atoms with Crippen molar-refractivity contribution < 1.29 is 18.0 Å². The van der Waals surface area contributed by atoms with E-state index in [4.69, 9.17) is 0 Å². The van der Waals surface area contributed by atoms with E-state index >= 15 is 0 Å². The number of anilines is 1. The fourth-order valence-corrected chi connectivity index (χ4v) is 4.73. The van der Waals surface area contributed by atoms with E-state index in [0.29, 0.717) is 6.04 Å². The molecule has 0 unspecified atom stereocenters. The smallest absolute Gasteiger partial charge is 0.369 e. The molecule has 0 N–H and O–H groups in total. The quantitative estimate of drug-likeness (QED) is 0.390. The maximum atomic E-state index is 13.7. The zero-order valence-corrected chi connectivity index (χ0v) is 19.2. The third-order valence-corrected chi connectivity index (χ3v) is 6.53. The molecule has 34 heavy (non-hydrogen) atoms. The Morgan fingerprint density at radius 2 is 1.91 bits per heavy atom. The summed E-state index contributed by atoms with van der Waals surface area (Å²) in [5, 5.41) is 8.36. The Kier molecular flexibility index (Phi) is 5.54. The van der Waals surface area contributed by atoms with Crippen LogP contribution in [0.1, 0.15) is 34.5 Å². The SMILES string of the molecule is Cc1nc2c(N(C)C3CC3)c(CC(=O)Cc3cnc(-n4nccn4)c(C(F)(F)F)c3)cnc2s1. The average molecular weight is 488 g/mol. The Bertz CT molecular complexity index is 1360. The van der Waals surface area contributed by atoms with Crippen molar-refractivity contribution >= 4 is 33.2 Å². The molecule has 0 aromatic carbocycles. The molecule has 4 heterocycles. The molecule has 1 saturated carbocycles. The van der Waals surface area contributed by atoms with E-state index in [1.165, 1.54) is 29.9 Å². The van der Waals surface area contributed by atoms with Crippen molar-refractivity contribution in [1.29, 1.82) is 0 Å². The number of carbonyl (C=O) groups excluding carboxylic acids is 1. The minimum Gasteiger partial charge on any atom is -0.369 e. The number of alkyl halides is 3. The Morgan fingerprint density at radius 1 is 1.18 bits per heavy atom. The summed E-state index contributed by atoms with van der Waals surface area (Å²) in [6, 6.07) is 1.33. The highest BCUT2D eigenvalue weighted by molar-refractivity contribution is 7.18. The number of hydrogen-bond donors (Lipinski definition) is 0. The first-order valence-electron chi connectivity index (χ1n) is 10.6. The second kappa shape index (κ2) is 8.42. The van der Waals surface area contributed by atoms with Crippen LogP contribution in [0, 0.1) is 6.92 Å². The number of pyridine rings is 2.